The Hall–Kier alpha value is -8.20. The van der Waals surface area contributed by atoms with Crippen molar-refractivity contribution in [3.63, 3.8) is 0 Å². The summed E-state index contributed by atoms with van der Waals surface area (Å²) in [5.74, 6) is 0. The summed E-state index contributed by atoms with van der Waals surface area (Å²) >= 11 is 0. The van der Waals surface area contributed by atoms with E-state index in [1.54, 1.807) is 54.6 Å². The summed E-state index contributed by atoms with van der Waals surface area (Å²) in [5.41, 5.74) is 5.03. The third kappa shape index (κ3) is 6.94. The Morgan fingerprint density at radius 2 is 0.694 bits per heavy atom. The lowest BCUT2D eigenvalue weighted by atomic mass is 9.91. The predicted octanol–water partition coefficient (Wildman–Crippen LogP) is 16.6. The third-order valence-corrected chi connectivity index (χ3v) is 11.0. The zero-order valence-corrected chi connectivity index (χ0v) is 33.2. The molecule has 0 saturated heterocycles. The smallest absolute Gasteiger partial charge is 0.0645 e. The minimum atomic E-state index is -0.683. The number of benzene rings is 10. The fraction of sp³-hybridized carbons (Fsp3) is 0. The average molecular weight is 803 g/mol. The van der Waals surface area contributed by atoms with Crippen LogP contribution in [0, 0.1) is 0 Å². The number of nitrogens with zero attached hydrogens (tertiary/aromatic N) is 2. The molecule has 0 radical (unpaired) electrons. The van der Waals surface area contributed by atoms with E-state index in [2.05, 4.69) is 4.57 Å². The fourth-order valence-electron chi connectivity index (χ4n) is 8.05. The van der Waals surface area contributed by atoms with Gasteiger partial charge in [0, 0.05) is 33.5 Å². The highest BCUT2D eigenvalue weighted by molar-refractivity contribution is 6.09. The maximum atomic E-state index is 9.74. The van der Waals surface area contributed by atoms with Crippen LogP contribution < -0.4 is 4.90 Å². The Kier molecular flexibility index (Phi) is 6.78. The van der Waals surface area contributed by atoms with Gasteiger partial charge >= 0.3 is 0 Å². The molecule has 0 saturated carbocycles. The van der Waals surface area contributed by atoms with Crippen LogP contribution in [-0.2, 0) is 0 Å². The van der Waals surface area contributed by atoms with E-state index in [0.29, 0.717) is 22.4 Å². The van der Waals surface area contributed by atoms with Crippen LogP contribution >= 0.6 is 0 Å². The van der Waals surface area contributed by atoms with Crippen molar-refractivity contribution in [2.45, 2.75) is 0 Å². The first-order valence-electron chi connectivity index (χ1n) is 26.3. The Morgan fingerprint density at radius 3 is 1.21 bits per heavy atom. The van der Waals surface area contributed by atoms with Crippen molar-refractivity contribution >= 4 is 38.9 Å². The number of hydrogen-bond acceptors (Lipinski definition) is 1. The van der Waals surface area contributed by atoms with Gasteiger partial charge in [-0.15, -0.1) is 0 Å². The number of hydrogen-bond donors (Lipinski definition) is 0. The highest BCUT2D eigenvalue weighted by atomic mass is 15.1. The van der Waals surface area contributed by atoms with Crippen LogP contribution in [0.2, 0.25) is 0 Å². The molecule has 0 atom stereocenters. The van der Waals surface area contributed by atoms with E-state index in [1.165, 1.54) is 0 Å². The molecule has 2 heteroatoms. The lowest BCUT2D eigenvalue weighted by Gasteiger charge is -2.26. The molecule has 2 nitrogen and oxygen atoms in total. The third-order valence-electron chi connectivity index (χ3n) is 11.0. The van der Waals surface area contributed by atoms with Crippen LogP contribution in [0.4, 0.5) is 17.1 Å². The molecular formula is C60H42N2. The maximum Gasteiger partial charge on any atom is 0.0645 e. The molecule has 0 bridgehead atoms. The second-order valence-electron chi connectivity index (χ2n) is 14.8. The summed E-state index contributed by atoms with van der Waals surface area (Å²) in [6.45, 7) is 0. The average Bonchev–Trinajstić information content (AvgIpc) is 3.77. The van der Waals surface area contributed by atoms with Crippen LogP contribution in [0.1, 0.15) is 16.4 Å². The SMILES string of the molecule is [2H]c1c([2H])c(N(c2c([2H])c([2H])c(-c3cccc(-n4c5ccccc5c5ccccc54)c3)c([2H])c2[2H])c2c([2H])c([2H])c(-c3ccc(-c4ccccc4)c(-c4ccccc4)c3)c([2H])c2[2H])c([2H])c([2H])c1-c1ccccc1. The highest BCUT2D eigenvalue weighted by Gasteiger charge is 2.16. The zero-order chi connectivity index (χ0) is 51.7. The van der Waals surface area contributed by atoms with Crippen molar-refractivity contribution in [3.8, 4) is 61.3 Å². The molecule has 0 spiro atoms. The lowest BCUT2D eigenvalue weighted by Crippen LogP contribution is -2.09. The van der Waals surface area contributed by atoms with E-state index in [4.69, 9.17) is 0 Å². The van der Waals surface area contributed by atoms with Crippen LogP contribution in [0.3, 0.4) is 0 Å². The summed E-state index contributed by atoms with van der Waals surface area (Å²) in [5, 5.41) is 2.04. The largest absolute Gasteiger partial charge is 0.311 e. The monoisotopic (exact) mass is 802 g/mol. The van der Waals surface area contributed by atoms with Gasteiger partial charge in [-0.3, -0.25) is 0 Å². The van der Waals surface area contributed by atoms with E-state index in [1.807, 2.05) is 127 Å². The first-order chi connectivity index (χ1) is 35.8. The summed E-state index contributed by atoms with van der Waals surface area (Å²) in [6.07, 6.45) is 0. The lowest BCUT2D eigenvalue weighted by molar-refractivity contribution is 1.18. The van der Waals surface area contributed by atoms with Gasteiger partial charge in [0.05, 0.1) is 27.5 Å². The molecule has 10 aromatic carbocycles. The Morgan fingerprint density at radius 1 is 0.290 bits per heavy atom. The van der Waals surface area contributed by atoms with Crippen molar-refractivity contribution in [1.29, 1.82) is 0 Å². The summed E-state index contributed by atoms with van der Waals surface area (Å²) < 4.78 is 117. The quantitative estimate of drug-likeness (QED) is 0.141. The zero-order valence-electron chi connectivity index (χ0n) is 45.2. The van der Waals surface area contributed by atoms with Gasteiger partial charge in [0.15, 0.2) is 0 Å². The van der Waals surface area contributed by atoms with Crippen molar-refractivity contribution in [2.24, 2.45) is 0 Å². The standard InChI is InChI=1S/C60H42N2/c1-4-15-43(16-5-1)44-27-34-51(35-28-44)61(53-38-31-46(32-39-53)50-33-40-55(47-17-6-2-7-18-47)58(42-50)48-19-8-3-9-20-48)52-36-29-45(30-37-52)49-21-14-22-54(41-49)62-59-25-12-10-23-56(59)57-24-11-13-26-60(57)62/h1-42H/i27D,28D,29D,30D,31D,32D,34D,35D,36D,37D,38D,39D. The van der Waals surface area contributed by atoms with Gasteiger partial charge in [-0.05, 0) is 122 Å². The number of para-hydroxylation sites is 2. The first kappa shape index (κ1) is 26.1. The van der Waals surface area contributed by atoms with Crippen molar-refractivity contribution in [3.05, 3.63) is 255 Å². The molecule has 0 N–H and O–H groups in total. The van der Waals surface area contributed by atoms with Crippen LogP contribution in [0.25, 0.3) is 83.1 Å². The molecule has 292 valence electrons. The number of anilines is 3. The first-order valence-corrected chi connectivity index (χ1v) is 20.3. The molecule has 0 unspecified atom stereocenters. The molecule has 11 aromatic rings. The molecule has 0 aliphatic heterocycles. The normalized spacial score (nSPS) is 13.9. The molecule has 0 fully saturated rings. The van der Waals surface area contributed by atoms with Gasteiger partial charge in [-0.1, -0.05) is 188 Å². The molecule has 1 heterocycles. The topological polar surface area (TPSA) is 8.17 Å². The van der Waals surface area contributed by atoms with Gasteiger partial charge in [0.25, 0.3) is 0 Å². The van der Waals surface area contributed by atoms with Gasteiger partial charge in [-0.2, -0.15) is 0 Å². The molecule has 0 aliphatic rings. The molecule has 62 heavy (non-hydrogen) atoms. The Labute approximate surface area is 379 Å². The van der Waals surface area contributed by atoms with E-state index in [0.717, 1.165) is 49.0 Å². The maximum absolute atomic E-state index is 9.74. The van der Waals surface area contributed by atoms with Crippen LogP contribution in [0.5, 0.6) is 0 Å². The summed E-state index contributed by atoms with van der Waals surface area (Å²) in [7, 11) is 0. The van der Waals surface area contributed by atoms with Crippen LogP contribution in [-0.4, -0.2) is 4.57 Å². The highest BCUT2D eigenvalue weighted by Crippen LogP contribution is 2.40. The second kappa shape index (κ2) is 16.1. The van der Waals surface area contributed by atoms with Crippen molar-refractivity contribution < 1.29 is 16.4 Å². The molecular weight excluding hydrogens is 749 g/mol. The van der Waals surface area contributed by atoms with Gasteiger partial charge in [-0.25, -0.2) is 0 Å². The number of rotatable bonds is 9. The van der Waals surface area contributed by atoms with Gasteiger partial charge in [0.2, 0.25) is 0 Å². The fourth-order valence-corrected chi connectivity index (χ4v) is 8.05. The second-order valence-corrected chi connectivity index (χ2v) is 14.8. The Bertz CT molecular complexity index is 3910. The van der Waals surface area contributed by atoms with E-state index < -0.39 is 89.6 Å². The Balaban J connectivity index is 1.15. The predicted molar refractivity (Wildman–Crippen MR) is 263 cm³/mol. The molecule has 1 aromatic heterocycles. The van der Waals surface area contributed by atoms with Crippen molar-refractivity contribution in [1.82, 2.24) is 4.57 Å². The van der Waals surface area contributed by atoms with Crippen LogP contribution in [0.15, 0.2) is 255 Å². The van der Waals surface area contributed by atoms with Crippen molar-refractivity contribution in [2.75, 3.05) is 4.90 Å². The minimum Gasteiger partial charge on any atom is -0.311 e. The molecule has 0 aliphatic carbocycles. The van der Waals surface area contributed by atoms with E-state index in [-0.39, 0.29) is 16.7 Å². The van der Waals surface area contributed by atoms with E-state index >= 15 is 0 Å². The number of fused-ring (bicyclic) bond motifs is 3. The van der Waals surface area contributed by atoms with Gasteiger partial charge in [0.1, 0.15) is 0 Å². The van der Waals surface area contributed by atoms with Gasteiger partial charge < -0.3 is 9.47 Å². The summed E-state index contributed by atoms with van der Waals surface area (Å²) in [4.78, 5) is 0.854. The molecule has 11 rings (SSSR count). The number of aromatic nitrogens is 1. The summed E-state index contributed by atoms with van der Waals surface area (Å²) in [6, 6.07) is 48.9. The minimum absolute atomic E-state index is 0.0505. The molecule has 0 amide bonds. The van der Waals surface area contributed by atoms with E-state index in [9.17, 15) is 16.4 Å².